The van der Waals surface area contributed by atoms with Crippen LogP contribution in [0.1, 0.15) is 62.6 Å². The molecule has 0 aromatic heterocycles. The van der Waals surface area contributed by atoms with Gasteiger partial charge in [0, 0.05) is 41.4 Å². The molecule has 1 aliphatic heterocycles. The van der Waals surface area contributed by atoms with E-state index >= 15 is 0 Å². The number of primary amides is 1. The van der Waals surface area contributed by atoms with Crippen molar-refractivity contribution >= 4 is 45.0 Å². The topological polar surface area (TPSA) is 110 Å². The van der Waals surface area contributed by atoms with Crippen LogP contribution in [0.25, 0.3) is 0 Å². The number of halogens is 2. The number of amides is 2. The Morgan fingerprint density at radius 1 is 1.11 bits per heavy atom. The summed E-state index contributed by atoms with van der Waals surface area (Å²) in [6.07, 6.45) is 1.75. The fourth-order valence-corrected chi connectivity index (χ4v) is 7.98. The van der Waals surface area contributed by atoms with E-state index < -0.39 is 27.9 Å². The predicted molar refractivity (Wildman–Crippen MR) is 150 cm³/mol. The fourth-order valence-electron chi connectivity index (χ4n) is 5.82. The Labute approximate surface area is 235 Å². The van der Waals surface area contributed by atoms with E-state index in [0.717, 1.165) is 11.1 Å². The van der Waals surface area contributed by atoms with E-state index in [9.17, 15) is 18.0 Å². The molecule has 10 heteroatoms. The monoisotopic (exact) mass is 579 g/mol. The van der Waals surface area contributed by atoms with Gasteiger partial charge in [-0.1, -0.05) is 61.3 Å². The van der Waals surface area contributed by atoms with Crippen LogP contribution in [0.3, 0.4) is 0 Å². The smallest absolute Gasteiger partial charge is 0.223 e. The molecule has 4 rings (SSSR count). The second-order valence-corrected chi connectivity index (χ2v) is 13.9. The first-order chi connectivity index (χ1) is 17.9. The van der Waals surface area contributed by atoms with Crippen molar-refractivity contribution in [3.05, 3.63) is 69.7 Å². The first-order valence-electron chi connectivity index (χ1n) is 13.0. The molecule has 0 radical (unpaired) electrons. The number of nitrogens with one attached hydrogen (secondary N) is 1. The summed E-state index contributed by atoms with van der Waals surface area (Å²) in [4.78, 5) is 24.8. The first kappa shape index (κ1) is 28.9. The van der Waals surface area contributed by atoms with E-state index in [0.29, 0.717) is 29.3 Å². The van der Waals surface area contributed by atoms with Crippen molar-refractivity contribution < 1.29 is 18.0 Å². The van der Waals surface area contributed by atoms with Crippen molar-refractivity contribution in [2.45, 2.75) is 62.8 Å². The van der Waals surface area contributed by atoms with Crippen LogP contribution in [0.2, 0.25) is 10.0 Å². The van der Waals surface area contributed by atoms with Crippen LogP contribution in [-0.2, 0) is 19.6 Å². The maximum atomic E-state index is 13.4. The van der Waals surface area contributed by atoms with Crippen molar-refractivity contribution in [1.82, 2.24) is 9.62 Å². The Morgan fingerprint density at radius 3 is 2.34 bits per heavy atom. The molecule has 206 valence electrons. The highest BCUT2D eigenvalue weighted by Gasteiger charge is 2.46. The zero-order chi connectivity index (χ0) is 27.8. The van der Waals surface area contributed by atoms with E-state index in [4.69, 9.17) is 28.9 Å². The standard InChI is InChI=1S/C28H35Cl2N3O4S/c1-16(17(2)27(18-7-9-21(29)10-8-18)33(3)38(36,37)23-11-12-23)26-24(19-5-4-6-22(30)13-19)14-20(15-25(31)34)28(35)32-26/h4-10,13,16-17,20,23-24,26-27H,11-12,14-15H2,1-3H3,(H2,31,34)(H,32,35)/t16?,17?,20-,24-,26+,27?/m1/s1. The second-order valence-electron chi connectivity index (χ2n) is 10.8. The highest BCUT2D eigenvalue weighted by atomic mass is 35.5. The summed E-state index contributed by atoms with van der Waals surface area (Å²) in [6, 6.07) is 14.0. The van der Waals surface area contributed by atoms with Crippen LogP contribution in [-0.4, -0.2) is 42.9 Å². The van der Waals surface area contributed by atoms with E-state index in [-0.39, 0.29) is 41.4 Å². The Hall–Kier alpha value is -2.13. The van der Waals surface area contributed by atoms with Crippen LogP contribution >= 0.6 is 23.2 Å². The molecule has 0 spiro atoms. The van der Waals surface area contributed by atoms with Gasteiger partial charge >= 0.3 is 0 Å². The lowest BCUT2D eigenvalue weighted by Gasteiger charge is -2.44. The minimum Gasteiger partial charge on any atom is -0.370 e. The van der Waals surface area contributed by atoms with Crippen molar-refractivity contribution in [2.75, 3.05) is 7.05 Å². The van der Waals surface area contributed by atoms with E-state index in [1.54, 1.807) is 25.2 Å². The highest BCUT2D eigenvalue weighted by molar-refractivity contribution is 7.90. The number of rotatable bonds is 10. The van der Waals surface area contributed by atoms with Gasteiger partial charge in [-0.25, -0.2) is 8.42 Å². The van der Waals surface area contributed by atoms with Gasteiger partial charge in [-0.3, -0.25) is 9.59 Å². The lowest BCUT2D eigenvalue weighted by atomic mass is 9.70. The Morgan fingerprint density at radius 2 is 1.76 bits per heavy atom. The highest BCUT2D eigenvalue weighted by Crippen LogP contribution is 2.44. The van der Waals surface area contributed by atoms with Gasteiger partial charge in [0.2, 0.25) is 21.8 Å². The molecule has 1 aliphatic carbocycles. The Kier molecular flexibility index (Phi) is 8.77. The number of carbonyl (C=O) groups is 2. The Bertz CT molecular complexity index is 1280. The summed E-state index contributed by atoms with van der Waals surface area (Å²) >= 11 is 12.5. The third-order valence-electron chi connectivity index (χ3n) is 8.22. The van der Waals surface area contributed by atoms with Crippen molar-refractivity contribution in [3.63, 3.8) is 0 Å². The van der Waals surface area contributed by atoms with Gasteiger partial charge in [0.05, 0.1) is 11.3 Å². The number of nitrogens with two attached hydrogens (primary N) is 1. The third-order valence-corrected chi connectivity index (χ3v) is 11.1. The minimum absolute atomic E-state index is 0.0324. The zero-order valence-corrected chi connectivity index (χ0v) is 24.1. The van der Waals surface area contributed by atoms with E-state index in [2.05, 4.69) is 5.32 Å². The predicted octanol–water partition coefficient (Wildman–Crippen LogP) is 4.89. The largest absolute Gasteiger partial charge is 0.370 e. The summed E-state index contributed by atoms with van der Waals surface area (Å²) in [5.41, 5.74) is 7.24. The second kappa shape index (κ2) is 11.5. The lowest BCUT2D eigenvalue weighted by Crippen LogP contribution is -2.54. The molecule has 7 nitrogen and oxygen atoms in total. The van der Waals surface area contributed by atoms with Gasteiger partial charge in [-0.15, -0.1) is 0 Å². The molecular formula is C28H35Cl2N3O4S. The molecule has 2 aliphatic rings. The number of sulfonamides is 1. The summed E-state index contributed by atoms with van der Waals surface area (Å²) in [7, 11) is -1.85. The van der Waals surface area contributed by atoms with Crippen LogP contribution in [0, 0.1) is 17.8 Å². The van der Waals surface area contributed by atoms with Gasteiger partial charge in [-0.2, -0.15) is 4.31 Å². The normalized spacial score (nSPS) is 24.5. The summed E-state index contributed by atoms with van der Waals surface area (Å²) in [5.74, 6) is -1.74. The SMILES string of the molecule is CC(C(C)[C@@H]1NC(=O)[C@@H](CC(N)=O)C[C@@H]1c1cccc(Cl)c1)C(c1ccc(Cl)cc1)N(C)S(=O)(=O)C1CC1. The molecule has 2 amide bonds. The lowest BCUT2D eigenvalue weighted by molar-refractivity contribution is -0.133. The molecule has 3 N–H and O–H groups in total. The van der Waals surface area contributed by atoms with Gasteiger partial charge < -0.3 is 11.1 Å². The first-order valence-corrected chi connectivity index (χ1v) is 15.2. The molecule has 1 saturated carbocycles. The van der Waals surface area contributed by atoms with Crippen LogP contribution in [0.5, 0.6) is 0 Å². The maximum Gasteiger partial charge on any atom is 0.223 e. The van der Waals surface area contributed by atoms with Crippen molar-refractivity contribution in [1.29, 1.82) is 0 Å². The molecule has 38 heavy (non-hydrogen) atoms. The Balaban J connectivity index is 1.71. The summed E-state index contributed by atoms with van der Waals surface area (Å²) in [5, 5.41) is 3.97. The van der Waals surface area contributed by atoms with Crippen LogP contribution in [0.4, 0.5) is 0 Å². The molecule has 0 bridgehead atoms. The number of hydrogen-bond donors (Lipinski definition) is 2. The summed E-state index contributed by atoms with van der Waals surface area (Å²) in [6.45, 7) is 4.07. The van der Waals surface area contributed by atoms with Crippen LogP contribution < -0.4 is 11.1 Å². The average Bonchev–Trinajstić information content (AvgIpc) is 3.72. The van der Waals surface area contributed by atoms with Gasteiger partial charge in [-0.05, 0) is 66.5 Å². The zero-order valence-electron chi connectivity index (χ0n) is 21.8. The van der Waals surface area contributed by atoms with Crippen LogP contribution in [0.15, 0.2) is 48.5 Å². The number of hydrogen-bond acceptors (Lipinski definition) is 4. The average molecular weight is 581 g/mol. The molecule has 2 aromatic carbocycles. The molecular weight excluding hydrogens is 545 g/mol. The number of nitrogens with zero attached hydrogens (tertiary/aromatic N) is 1. The molecule has 1 heterocycles. The van der Waals surface area contributed by atoms with Gasteiger partial charge in [0.15, 0.2) is 0 Å². The quantitative estimate of drug-likeness (QED) is 0.417. The van der Waals surface area contributed by atoms with Crippen molar-refractivity contribution in [3.8, 4) is 0 Å². The molecule has 1 saturated heterocycles. The third kappa shape index (κ3) is 6.19. The molecule has 3 unspecified atom stereocenters. The fraction of sp³-hybridized carbons (Fsp3) is 0.500. The number of benzene rings is 2. The van der Waals surface area contributed by atoms with E-state index in [1.807, 2.05) is 44.2 Å². The van der Waals surface area contributed by atoms with E-state index in [1.165, 1.54) is 4.31 Å². The number of carbonyl (C=O) groups excluding carboxylic acids is 2. The maximum absolute atomic E-state index is 13.4. The van der Waals surface area contributed by atoms with Crippen molar-refractivity contribution in [2.24, 2.45) is 23.5 Å². The molecule has 2 aromatic rings. The minimum atomic E-state index is -3.49. The van der Waals surface area contributed by atoms with Gasteiger partial charge in [0.25, 0.3) is 0 Å². The molecule has 6 atom stereocenters. The molecule has 2 fully saturated rings. The summed E-state index contributed by atoms with van der Waals surface area (Å²) < 4.78 is 28.2. The number of piperidine rings is 1. The van der Waals surface area contributed by atoms with Gasteiger partial charge in [0.1, 0.15) is 0 Å².